The number of nitrogens with zero attached hydrogens (tertiary/aromatic N) is 2. The van der Waals surface area contributed by atoms with Gasteiger partial charge in [-0.1, -0.05) is 0 Å². The number of nitro benzene ring substituents is 1. The molecule has 1 amide bonds. The van der Waals surface area contributed by atoms with Crippen LogP contribution < -0.4 is 10.6 Å². The number of hydrogen-bond donors (Lipinski definition) is 2. The molecule has 0 spiro atoms. The fraction of sp³-hybridized carbons (Fsp3) is 0.105. The summed E-state index contributed by atoms with van der Waals surface area (Å²) in [5, 5.41) is 25.1. The predicted octanol–water partition coefficient (Wildman–Crippen LogP) is 3.23. The maximum atomic E-state index is 12.2. The molecule has 9 nitrogen and oxygen atoms in total. The summed E-state index contributed by atoms with van der Waals surface area (Å²) < 4.78 is 4.87. The van der Waals surface area contributed by atoms with Crippen molar-refractivity contribution in [3.8, 4) is 6.07 Å². The Hall–Kier alpha value is -4.19. The molecule has 2 aromatic carbocycles. The first-order valence-corrected chi connectivity index (χ1v) is 8.14. The van der Waals surface area contributed by atoms with Gasteiger partial charge in [0.25, 0.3) is 11.6 Å². The molecule has 0 bridgehead atoms. The van der Waals surface area contributed by atoms with Crippen LogP contribution in [-0.4, -0.2) is 23.4 Å². The third-order valence-electron chi connectivity index (χ3n) is 3.48. The first-order chi connectivity index (χ1) is 13.4. The molecule has 2 rings (SSSR count). The average molecular weight is 380 g/mol. The molecular formula is C19H16N4O5. The molecule has 0 heterocycles. The molecule has 2 aromatic rings. The Labute approximate surface area is 160 Å². The monoisotopic (exact) mass is 380 g/mol. The molecule has 0 fully saturated rings. The standard InChI is InChI=1S/C19H16N4O5/c1-2-28-19(25)13-3-5-16(6-4-13)22-18(24)14(11-20)12-21-15-7-9-17(10-8-15)23(26)27/h3-10,12,21H,2H2,1H3,(H,22,24)/b14-12-. The molecule has 9 heteroatoms. The highest BCUT2D eigenvalue weighted by molar-refractivity contribution is 6.06. The molecular weight excluding hydrogens is 364 g/mol. The average Bonchev–Trinajstić information content (AvgIpc) is 2.69. The van der Waals surface area contributed by atoms with Gasteiger partial charge in [0.2, 0.25) is 0 Å². The van der Waals surface area contributed by atoms with E-state index in [2.05, 4.69) is 10.6 Å². The van der Waals surface area contributed by atoms with Crippen molar-refractivity contribution in [2.75, 3.05) is 17.2 Å². The van der Waals surface area contributed by atoms with Crippen LogP contribution in [-0.2, 0) is 9.53 Å². The van der Waals surface area contributed by atoms with Crippen molar-refractivity contribution >= 4 is 28.9 Å². The number of anilines is 2. The Morgan fingerprint density at radius 3 is 2.29 bits per heavy atom. The molecule has 28 heavy (non-hydrogen) atoms. The van der Waals surface area contributed by atoms with Crippen LogP contribution in [0.2, 0.25) is 0 Å². The largest absolute Gasteiger partial charge is 0.462 e. The predicted molar refractivity (Wildman–Crippen MR) is 101 cm³/mol. The Morgan fingerprint density at radius 2 is 1.75 bits per heavy atom. The minimum atomic E-state index is -0.652. The summed E-state index contributed by atoms with van der Waals surface area (Å²) >= 11 is 0. The minimum absolute atomic E-state index is 0.0703. The number of ether oxygens (including phenoxy) is 1. The van der Waals surface area contributed by atoms with Gasteiger partial charge in [0, 0.05) is 29.7 Å². The number of rotatable bonds is 7. The van der Waals surface area contributed by atoms with Gasteiger partial charge in [0.1, 0.15) is 11.6 Å². The number of nitro groups is 1. The van der Waals surface area contributed by atoms with Gasteiger partial charge in [0.15, 0.2) is 0 Å². The Kier molecular flexibility index (Phi) is 6.82. The smallest absolute Gasteiger partial charge is 0.338 e. The second kappa shape index (κ2) is 9.49. The van der Waals surface area contributed by atoms with Gasteiger partial charge in [0.05, 0.1) is 17.1 Å². The number of hydrogen-bond acceptors (Lipinski definition) is 7. The summed E-state index contributed by atoms with van der Waals surface area (Å²) in [6.07, 6.45) is 1.20. The lowest BCUT2D eigenvalue weighted by Crippen LogP contribution is -2.14. The molecule has 0 aliphatic heterocycles. The number of nitrogens with one attached hydrogen (secondary N) is 2. The molecule has 0 unspecified atom stereocenters. The molecule has 0 saturated carbocycles. The lowest BCUT2D eigenvalue weighted by molar-refractivity contribution is -0.384. The molecule has 0 saturated heterocycles. The first-order valence-electron chi connectivity index (χ1n) is 8.14. The molecule has 142 valence electrons. The topological polar surface area (TPSA) is 134 Å². The number of carbonyl (C=O) groups excluding carboxylic acids is 2. The maximum Gasteiger partial charge on any atom is 0.338 e. The van der Waals surface area contributed by atoms with Gasteiger partial charge in [-0.05, 0) is 43.3 Å². The van der Waals surface area contributed by atoms with E-state index < -0.39 is 16.8 Å². The summed E-state index contributed by atoms with van der Waals surface area (Å²) in [6, 6.07) is 13.3. The van der Waals surface area contributed by atoms with E-state index in [0.29, 0.717) is 16.9 Å². The van der Waals surface area contributed by atoms with Gasteiger partial charge in [-0.2, -0.15) is 5.26 Å². The summed E-state index contributed by atoms with van der Waals surface area (Å²) in [5.41, 5.74) is 0.946. The molecule has 0 aliphatic rings. The lowest BCUT2D eigenvalue weighted by atomic mass is 10.2. The van der Waals surface area contributed by atoms with Crippen LogP contribution in [0.1, 0.15) is 17.3 Å². The maximum absolute atomic E-state index is 12.2. The highest BCUT2D eigenvalue weighted by Gasteiger charge is 2.11. The summed E-state index contributed by atoms with van der Waals surface area (Å²) in [6.45, 7) is 1.96. The van der Waals surface area contributed by atoms with Gasteiger partial charge in [-0.15, -0.1) is 0 Å². The van der Waals surface area contributed by atoms with Gasteiger partial charge < -0.3 is 15.4 Å². The first kappa shape index (κ1) is 20.1. The van der Waals surface area contributed by atoms with Crippen molar-refractivity contribution in [1.82, 2.24) is 0 Å². The van der Waals surface area contributed by atoms with Crippen LogP contribution in [0.3, 0.4) is 0 Å². The van der Waals surface area contributed by atoms with Crippen molar-refractivity contribution < 1.29 is 19.2 Å². The molecule has 0 aliphatic carbocycles. The molecule has 2 N–H and O–H groups in total. The van der Waals surface area contributed by atoms with Gasteiger partial charge in [-0.25, -0.2) is 4.79 Å². The number of amides is 1. The number of benzene rings is 2. The SMILES string of the molecule is CCOC(=O)c1ccc(NC(=O)/C(C#N)=C\Nc2ccc([N+](=O)[O-])cc2)cc1. The summed E-state index contributed by atoms with van der Waals surface area (Å²) in [7, 11) is 0. The zero-order chi connectivity index (χ0) is 20.5. The van der Waals surface area contributed by atoms with Crippen LogP contribution in [0.15, 0.2) is 60.3 Å². The zero-order valence-electron chi connectivity index (χ0n) is 14.8. The van der Waals surface area contributed by atoms with Gasteiger partial charge >= 0.3 is 5.97 Å². The Morgan fingerprint density at radius 1 is 1.14 bits per heavy atom. The van der Waals surface area contributed by atoms with Crippen molar-refractivity contribution in [3.05, 3.63) is 76.0 Å². The van der Waals surface area contributed by atoms with E-state index in [1.165, 1.54) is 54.7 Å². The fourth-order valence-electron chi connectivity index (χ4n) is 2.09. The van der Waals surface area contributed by atoms with E-state index in [1.807, 2.05) is 0 Å². The third kappa shape index (κ3) is 5.40. The van der Waals surface area contributed by atoms with E-state index in [4.69, 9.17) is 4.74 Å². The highest BCUT2D eigenvalue weighted by atomic mass is 16.6. The van der Waals surface area contributed by atoms with Gasteiger partial charge in [-0.3, -0.25) is 14.9 Å². The van der Waals surface area contributed by atoms with Crippen LogP contribution in [0.25, 0.3) is 0 Å². The van der Waals surface area contributed by atoms with Crippen molar-refractivity contribution in [1.29, 1.82) is 5.26 Å². The van der Waals surface area contributed by atoms with E-state index in [1.54, 1.807) is 13.0 Å². The number of non-ortho nitro benzene ring substituents is 1. The van der Waals surface area contributed by atoms with Crippen LogP contribution >= 0.6 is 0 Å². The van der Waals surface area contributed by atoms with Crippen LogP contribution in [0.5, 0.6) is 0 Å². The lowest BCUT2D eigenvalue weighted by Gasteiger charge is -2.06. The number of nitriles is 1. The number of carbonyl (C=O) groups is 2. The molecule has 0 radical (unpaired) electrons. The van der Waals surface area contributed by atoms with E-state index in [-0.39, 0.29) is 17.9 Å². The van der Waals surface area contributed by atoms with Crippen LogP contribution in [0.4, 0.5) is 17.1 Å². The second-order valence-corrected chi connectivity index (χ2v) is 5.37. The van der Waals surface area contributed by atoms with Crippen molar-refractivity contribution in [3.63, 3.8) is 0 Å². The highest BCUT2D eigenvalue weighted by Crippen LogP contribution is 2.16. The normalized spacial score (nSPS) is 10.5. The Bertz CT molecular complexity index is 944. The van der Waals surface area contributed by atoms with Crippen molar-refractivity contribution in [2.45, 2.75) is 6.92 Å². The summed E-state index contributed by atoms with van der Waals surface area (Å²) in [5.74, 6) is -1.12. The second-order valence-electron chi connectivity index (χ2n) is 5.37. The Balaban J connectivity index is 2.02. The third-order valence-corrected chi connectivity index (χ3v) is 3.48. The van der Waals surface area contributed by atoms with E-state index >= 15 is 0 Å². The number of esters is 1. The van der Waals surface area contributed by atoms with E-state index in [0.717, 1.165) is 0 Å². The van der Waals surface area contributed by atoms with Crippen molar-refractivity contribution in [2.24, 2.45) is 0 Å². The molecule has 0 aromatic heterocycles. The minimum Gasteiger partial charge on any atom is -0.462 e. The fourth-order valence-corrected chi connectivity index (χ4v) is 2.09. The van der Waals surface area contributed by atoms with Crippen LogP contribution in [0, 0.1) is 21.4 Å². The quantitative estimate of drug-likeness (QED) is 0.247. The molecule has 0 atom stereocenters. The zero-order valence-corrected chi connectivity index (χ0v) is 14.8. The van der Waals surface area contributed by atoms with E-state index in [9.17, 15) is 25.0 Å². The summed E-state index contributed by atoms with van der Waals surface area (Å²) in [4.78, 5) is 33.9.